The van der Waals surface area contributed by atoms with Crippen LogP contribution in [0.15, 0.2) is 16.9 Å². The first kappa shape index (κ1) is 5.82. The fourth-order valence-electron chi connectivity index (χ4n) is 0.514. The molecule has 1 unspecified atom stereocenters. The van der Waals surface area contributed by atoms with Gasteiger partial charge in [0.1, 0.15) is 5.82 Å². The Bertz CT molecular complexity index is 139. The van der Waals surface area contributed by atoms with Gasteiger partial charge in [0.15, 0.2) is 0 Å². The smallest absolute Gasteiger partial charge is 0.118 e. The summed E-state index contributed by atoms with van der Waals surface area (Å²) in [5.41, 5.74) is 5.34. The minimum Gasteiger partial charge on any atom is -0.384 e. The van der Waals surface area contributed by atoms with Gasteiger partial charge in [-0.05, 0) is 12.5 Å². The Morgan fingerprint density at radius 2 is 2.62 bits per heavy atom. The van der Waals surface area contributed by atoms with Gasteiger partial charge in [-0.25, -0.2) is 4.99 Å². The lowest BCUT2D eigenvalue weighted by molar-refractivity contribution is 1.05. The fraction of sp³-hybridized carbons (Fsp3) is 0.400. The van der Waals surface area contributed by atoms with Crippen LogP contribution in [0.1, 0.15) is 6.42 Å². The van der Waals surface area contributed by atoms with E-state index < -0.39 is 0 Å². The van der Waals surface area contributed by atoms with Crippen molar-refractivity contribution in [1.29, 1.82) is 0 Å². The third kappa shape index (κ3) is 1.33. The van der Waals surface area contributed by atoms with Crippen LogP contribution in [0.25, 0.3) is 0 Å². The summed E-state index contributed by atoms with van der Waals surface area (Å²) in [6.07, 6.45) is 4.66. The van der Waals surface area contributed by atoms with Crippen molar-refractivity contribution >= 4 is 22.1 Å². The van der Waals surface area contributed by atoms with E-state index in [0.29, 0.717) is 10.6 Å². The van der Waals surface area contributed by atoms with Gasteiger partial charge in [-0.1, -0.05) is 15.9 Å². The standard InChI is InChI=1S/C5H7BrN2/c6-4-1-2-5(7)8-3-4/h2-4H,1,7H2. The molecule has 8 heavy (non-hydrogen) atoms. The number of nitrogens with zero attached hydrogens (tertiary/aromatic N) is 1. The van der Waals surface area contributed by atoms with Crippen molar-refractivity contribution < 1.29 is 0 Å². The zero-order chi connectivity index (χ0) is 5.98. The Labute approximate surface area is 56.6 Å². The van der Waals surface area contributed by atoms with Gasteiger partial charge in [0, 0.05) is 6.21 Å². The maximum atomic E-state index is 5.34. The number of hydrogen-bond donors (Lipinski definition) is 1. The van der Waals surface area contributed by atoms with Crippen molar-refractivity contribution in [3.8, 4) is 0 Å². The van der Waals surface area contributed by atoms with Crippen molar-refractivity contribution in [2.75, 3.05) is 0 Å². The van der Waals surface area contributed by atoms with Crippen LogP contribution in [0.2, 0.25) is 0 Å². The maximum absolute atomic E-state index is 5.34. The van der Waals surface area contributed by atoms with E-state index in [4.69, 9.17) is 5.73 Å². The number of allylic oxidation sites excluding steroid dienone is 1. The van der Waals surface area contributed by atoms with Gasteiger partial charge in [0.05, 0.1) is 4.83 Å². The molecule has 0 aromatic heterocycles. The average molecular weight is 175 g/mol. The molecule has 0 bridgehead atoms. The van der Waals surface area contributed by atoms with Crippen molar-refractivity contribution in [3.63, 3.8) is 0 Å². The summed E-state index contributed by atoms with van der Waals surface area (Å²) in [4.78, 5) is 4.26. The van der Waals surface area contributed by atoms with E-state index in [0.717, 1.165) is 6.42 Å². The Morgan fingerprint density at radius 1 is 1.88 bits per heavy atom. The summed E-state index contributed by atoms with van der Waals surface area (Å²) in [5.74, 6) is 0.626. The summed E-state index contributed by atoms with van der Waals surface area (Å²) in [5, 5.41) is 0. The first-order valence-corrected chi connectivity index (χ1v) is 3.34. The van der Waals surface area contributed by atoms with Gasteiger partial charge < -0.3 is 5.73 Å². The van der Waals surface area contributed by atoms with Crippen molar-refractivity contribution in [2.45, 2.75) is 11.2 Å². The number of hydrogen-bond acceptors (Lipinski definition) is 2. The molecule has 44 valence electrons. The average Bonchev–Trinajstić information content (AvgIpc) is 1.77. The van der Waals surface area contributed by atoms with E-state index in [2.05, 4.69) is 20.9 Å². The van der Waals surface area contributed by atoms with Crippen molar-refractivity contribution in [1.82, 2.24) is 0 Å². The largest absolute Gasteiger partial charge is 0.384 e. The van der Waals surface area contributed by atoms with Crippen LogP contribution in [-0.4, -0.2) is 11.0 Å². The van der Waals surface area contributed by atoms with Crippen molar-refractivity contribution in [2.24, 2.45) is 10.7 Å². The van der Waals surface area contributed by atoms with Crippen LogP contribution in [-0.2, 0) is 0 Å². The third-order valence-corrected chi connectivity index (χ3v) is 1.55. The molecule has 1 rings (SSSR count). The molecule has 0 radical (unpaired) electrons. The Kier molecular flexibility index (Phi) is 1.68. The van der Waals surface area contributed by atoms with E-state index in [-0.39, 0.29) is 0 Å². The zero-order valence-corrected chi connectivity index (χ0v) is 5.93. The highest BCUT2D eigenvalue weighted by atomic mass is 79.9. The van der Waals surface area contributed by atoms with E-state index in [9.17, 15) is 0 Å². The maximum Gasteiger partial charge on any atom is 0.118 e. The monoisotopic (exact) mass is 174 g/mol. The molecule has 1 heterocycles. The predicted molar refractivity (Wildman–Crippen MR) is 38.1 cm³/mol. The minimum atomic E-state index is 0.384. The second-order valence-electron chi connectivity index (χ2n) is 1.66. The first-order valence-electron chi connectivity index (χ1n) is 2.43. The number of nitrogens with two attached hydrogens (primary N) is 1. The molecule has 0 spiro atoms. The Balaban J connectivity index is 2.58. The van der Waals surface area contributed by atoms with Crippen molar-refractivity contribution in [3.05, 3.63) is 11.9 Å². The van der Waals surface area contributed by atoms with Gasteiger partial charge in [0.25, 0.3) is 0 Å². The summed E-state index contributed by atoms with van der Waals surface area (Å²) in [7, 11) is 0. The van der Waals surface area contributed by atoms with Crippen LogP contribution in [0, 0.1) is 0 Å². The predicted octanol–water partition coefficient (Wildman–Crippen LogP) is 1.02. The summed E-state index contributed by atoms with van der Waals surface area (Å²) in [6.45, 7) is 0. The van der Waals surface area contributed by atoms with Crippen LogP contribution in [0.4, 0.5) is 0 Å². The highest BCUT2D eigenvalue weighted by Crippen LogP contribution is 2.08. The Morgan fingerprint density at radius 3 is 3.00 bits per heavy atom. The lowest BCUT2D eigenvalue weighted by atomic mass is 10.3. The quantitative estimate of drug-likeness (QED) is 0.548. The molecular formula is C5H7BrN2. The third-order valence-electron chi connectivity index (χ3n) is 0.938. The summed E-state index contributed by atoms with van der Waals surface area (Å²) < 4.78 is 0. The van der Waals surface area contributed by atoms with E-state index in [1.807, 2.05) is 6.08 Å². The first-order chi connectivity index (χ1) is 3.79. The highest BCUT2D eigenvalue weighted by molar-refractivity contribution is 9.09. The topological polar surface area (TPSA) is 38.4 Å². The molecule has 0 aliphatic carbocycles. The molecule has 2 nitrogen and oxygen atoms in total. The zero-order valence-electron chi connectivity index (χ0n) is 4.34. The minimum absolute atomic E-state index is 0.384. The number of aliphatic imine (C=N–C) groups is 1. The van der Waals surface area contributed by atoms with Crippen LogP contribution in [0.3, 0.4) is 0 Å². The molecule has 1 aliphatic rings. The highest BCUT2D eigenvalue weighted by Gasteiger charge is 2.01. The summed E-state index contributed by atoms with van der Waals surface area (Å²) >= 11 is 3.37. The van der Waals surface area contributed by atoms with Crippen LogP contribution < -0.4 is 5.73 Å². The number of rotatable bonds is 0. The van der Waals surface area contributed by atoms with Crippen LogP contribution in [0.5, 0.6) is 0 Å². The molecular weight excluding hydrogens is 168 g/mol. The molecule has 0 aromatic carbocycles. The van der Waals surface area contributed by atoms with Gasteiger partial charge in [0.2, 0.25) is 0 Å². The van der Waals surface area contributed by atoms with E-state index >= 15 is 0 Å². The second kappa shape index (κ2) is 2.31. The molecule has 3 heteroatoms. The van der Waals surface area contributed by atoms with Gasteiger partial charge >= 0.3 is 0 Å². The fourth-order valence-corrected chi connectivity index (χ4v) is 0.819. The molecule has 0 saturated carbocycles. The van der Waals surface area contributed by atoms with E-state index in [1.54, 1.807) is 6.21 Å². The number of alkyl halides is 1. The summed E-state index contributed by atoms with van der Waals surface area (Å²) in [6, 6.07) is 0. The molecule has 2 N–H and O–H groups in total. The number of halogens is 1. The molecule has 0 fully saturated rings. The van der Waals surface area contributed by atoms with Gasteiger partial charge in [-0.15, -0.1) is 0 Å². The van der Waals surface area contributed by atoms with Crippen LogP contribution >= 0.6 is 15.9 Å². The molecule has 0 aromatic rings. The normalized spacial score (nSPS) is 27.6. The van der Waals surface area contributed by atoms with Gasteiger partial charge in [-0.2, -0.15) is 0 Å². The lowest BCUT2D eigenvalue weighted by Crippen LogP contribution is -2.06. The molecule has 0 amide bonds. The Hall–Kier alpha value is -0.310. The second-order valence-corrected chi connectivity index (χ2v) is 2.84. The van der Waals surface area contributed by atoms with E-state index in [1.165, 1.54) is 0 Å². The van der Waals surface area contributed by atoms with Gasteiger partial charge in [-0.3, -0.25) is 0 Å². The lowest BCUT2D eigenvalue weighted by Gasteiger charge is -2.04. The molecule has 0 saturated heterocycles. The molecule has 1 aliphatic heterocycles. The SMILES string of the molecule is NC1=CCC(Br)C=N1. The molecule has 1 atom stereocenters.